The average Bonchev–Trinajstić information content (AvgIpc) is 1.98. The van der Waals surface area contributed by atoms with Crippen molar-refractivity contribution in [3.05, 3.63) is 0 Å². The standard InChI is InChI=1S/C5H12N2O4S/c6-2-3-7-12(10,11)4-1-5(8)9/h7H,1-4,6H2,(H,8,9). The lowest BCUT2D eigenvalue weighted by molar-refractivity contribution is -0.136. The first-order valence-corrected chi connectivity index (χ1v) is 5.02. The van der Waals surface area contributed by atoms with Crippen LogP contribution >= 0.6 is 0 Å². The van der Waals surface area contributed by atoms with Gasteiger partial charge in [-0.15, -0.1) is 0 Å². The van der Waals surface area contributed by atoms with Crippen molar-refractivity contribution in [2.24, 2.45) is 5.73 Å². The van der Waals surface area contributed by atoms with Gasteiger partial charge in [0.15, 0.2) is 0 Å². The van der Waals surface area contributed by atoms with Crippen molar-refractivity contribution in [1.82, 2.24) is 4.72 Å². The van der Waals surface area contributed by atoms with Gasteiger partial charge in [0, 0.05) is 13.1 Å². The van der Waals surface area contributed by atoms with Crippen molar-refractivity contribution in [2.45, 2.75) is 6.42 Å². The average molecular weight is 196 g/mol. The Morgan fingerprint density at radius 2 is 2.08 bits per heavy atom. The second-order valence-corrected chi connectivity index (χ2v) is 4.07. The predicted molar refractivity (Wildman–Crippen MR) is 43.1 cm³/mol. The van der Waals surface area contributed by atoms with Crippen LogP contribution in [0.2, 0.25) is 0 Å². The third-order valence-corrected chi connectivity index (χ3v) is 2.44. The van der Waals surface area contributed by atoms with E-state index in [1.165, 1.54) is 0 Å². The Bertz CT molecular complexity index is 236. The molecular weight excluding hydrogens is 184 g/mol. The van der Waals surface area contributed by atoms with E-state index < -0.39 is 21.7 Å². The molecule has 0 aromatic carbocycles. The van der Waals surface area contributed by atoms with Crippen LogP contribution in [0.25, 0.3) is 0 Å². The third-order valence-electron chi connectivity index (χ3n) is 1.05. The Hall–Kier alpha value is -0.660. The van der Waals surface area contributed by atoms with E-state index in [4.69, 9.17) is 10.8 Å². The topological polar surface area (TPSA) is 109 Å². The van der Waals surface area contributed by atoms with E-state index in [0.29, 0.717) is 0 Å². The summed E-state index contributed by atoms with van der Waals surface area (Å²) in [5.41, 5.74) is 5.05. The highest BCUT2D eigenvalue weighted by molar-refractivity contribution is 7.89. The van der Waals surface area contributed by atoms with Gasteiger partial charge in [0.1, 0.15) is 0 Å². The van der Waals surface area contributed by atoms with Gasteiger partial charge in [-0.1, -0.05) is 0 Å². The molecule has 0 spiro atoms. The number of rotatable bonds is 6. The number of aliphatic carboxylic acids is 1. The van der Waals surface area contributed by atoms with Crippen LogP contribution < -0.4 is 10.5 Å². The molecule has 0 saturated carbocycles. The maximum atomic E-state index is 10.9. The molecule has 0 aromatic rings. The van der Waals surface area contributed by atoms with Crippen LogP contribution in [0.4, 0.5) is 0 Å². The van der Waals surface area contributed by atoms with E-state index in [1.54, 1.807) is 0 Å². The molecule has 0 radical (unpaired) electrons. The molecule has 7 heteroatoms. The van der Waals surface area contributed by atoms with E-state index in [1.807, 2.05) is 0 Å². The van der Waals surface area contributed by atoms with Gasteiger partial charge < -0.3 is 10.8 Å². The lowest BCUT2D eigenvalue weighted by Gasteiger charge is -2.02. The number of nitrogens with one attached hydrogen (secondary N) is 1. The summed E-state index contributed by atoms with van der Waals surface area (Å²) >= 11 is 0. The van der Waals surface area contributed by atoms with Crippen LogP contribution in [0, 0.1) is 0 Å². The maximum Gasteiger partial charge on any atom is 0.304 e. The van der Waals surface area contributed by atoms with Gasteiger partial charge in [-0.3, -0.25) is 4.79 Å². The van der Waals surface area contributed by atoms with Crippen LogP contribution in [0.3, 0.4) is 0 Å². The molecule has 0 atom stereocenters. The van der Waals surface area contributed by atoms with Gasteiger partial charge in [0.25, 0.3) is 0 Å². The third kappa shape index (κ3) is 6.08. The summed E-state index contributed by atoms with van der Waals surface area (Å²) in [4.78, 5) is 10.0. The van der Waals surface area contributed by atoms with Crippen molar-refractivity contribution >= 4 is 16.0 Å². The second-order valence-electron chi connectivity index (χ2n) is 2.15. The van der Waals surface area contributed by atoms with Crippen LogP contribution in [0.1, 0.15) is 6.42 Å². The Morgan fingerprint density at radius 3 is 2.50 bits per heavy atom. The minimum atomic E-state index is -3.45. The van der Waals surface area contributed by atoms with Crippen molar-refractivity contribution in [1.29, 1.82) is 0 Å². The molecule has 0 aliphatic heterocycles. The quantitative estimate of drug-likeness (QED) is 0.471. The summed E-state index contributed by atoms with van der Waals surface area (Å²) in [6.07, 6.45) is -0.389. The van der Waals surface area contributed by atoms with Gasteiger partial charge >= 0.3 is 5.97 Å². The number of sulfonamides is 1. The summed E-state index contributed by atoms with van der Waals surface area (Å²) in [6.45, 7) is 0.342. The highest BCUT2D eigenvalue weighted by Crippen LogP contribution is 1.88. The zero-order valence-electron chi connectivity index (χ0n) is 6.49. The van der Waals surface area contributed by atoms with Gasteiger partial charge in [0.2, 0.25) is 10.0 Å². The van der Waals surface area contributed by atoms with Crippen LogP contribution in [0.15, 0.2) is 0 Å². The zero-order chi connectivity index (χ0) is 9.61. The summed E-state index contributed by atoms with van der Waals surface area (Å²) in [5.74, 6) is -1.53. The second kappa shape index (κ2) is 5.07. The van der Waals surface area contributed by atoms with E-state index in [2.05, 4.69) is 4.72 Å². The van der Waals surface area contributed by atoms with Crippen LogP contribution in [-0.4, -0.2) is 38.3 Å². The molecule has 0 saturated heterocycles. The molecule has 0 heterocycles. The maximum absolute atomic E-state index is 10.9. The minimum absolute atomic E-state index is 0.141. The molecule has 12 heavy (non-hydrogen) atoms. The van der Waals surface area contributed by atoms with Crippen LogP contribution in [0.5, 0.6) is 0 Å². The predicted octanol–water partition coefficient (Wildman–Crippen LogP) is -1.66. The largest absolute Gasteiger partial charge is 0.481 e. The summed E-state index contributed by atoms with van der Waals surface area (Å²) in [7, 11) is -3.45. The van der Waals surface area contributed by atoms with E-state index >= 15 is 0 Å². The number of carboxylic acids is 1. The number of hydrogen-bond donors (Lipinski definition) is 3. The highest BCUT2D eigenvalue weighted by Gasteiger charge is 2.10. The first-order chi connectivity index (χ1) is 5.48. The van der Waals surface area contributed by atoms with Crippen molar-refractivity contribution < 1.29 is 18.3 Å². The fourth-order valence-electron chi connectivity index (χ4n) is 0.508. The smallest absolute Gasteiger partial charge is 0.304 e. The molecule has 6 nitrogen and oxygen atoms in total. The number of hydrogen-bond acceptors (Lipinski definition) is 4. The molecule has 0 aliphatic carbocycles. The van der Waals surface area contributed by atoms with Crippen molar-refractivity contribution in [3.8, 4) is 0 Å². The number of nitrogens with two attached hydrogens (primary N) is 1. The van der Waals surface area contributed by atoms with E-state index in [-0.39, 0.29) is 19.5 Å². The zero-order valence-corrected chi connectivity index (χ0v) is 7.30. The molecular formula is C5H12N2O4S. The molecule has 72 valence electrons. The summed E-state index contributed by atoms with van der Waals surface area (Å²) in [5, 5.41) is 8.19. The normalized spacial score (nSPS) is 11.4. The van der Waals surface area contributed by atoms with Gasteiger partial charge in [-0.2, -0.15) is 0 Å². The Labute approximate surface area is 70.8 Å². The van der Waals surface area contributed by atoms with Crippen LogP contribution in [-0.2, 0) is 14.8 Å². The molecule has 0 fully saturated rings. The fraction of sp³-hybridized carbons (Fsp3) is 0.800. The molecule has 0 rings (SSSR count). The Balaban J connectivity index is 3.80. The molecule has 0 amide bonds. The molecule has 0 bridgehead atoms. The van der Waals surface area contributed by atoms with E-state index in [9.17, 15) is 13.2 Å². The first-order valence-electron chi connectivity index (χ1n) is 3.37. The number of carboxylic acid groups (broad SMARTS) is 1. The highest BCUT2D eigenvalue weighted by atomic mass is 32.2. The van der Waals surface area contributed by atoms with Crippen molar-refractivity contribution in [3.63, 3.8) is 0 Å². The van der Waals surface area contributed by atoms with E-state index in [0.717, 1.165) is 0 Å². The van der Waals surface area contributed by atoms with Crippen molar-refractivity contribution in [2.75, 3.05) is 18.8 Å². The van der Waals surface area contributed by atoms with Gasteiger partial charge in [-0.05, 0) is 0 Å². The molecule has 0 unspecified atom stereocenters. The monoisotopic (exact) mass is 196 g/mol. The SMILES string of the molecule is NCCNS(=O)(=O)CCC(=O)O. The lowest BCUT2D eigenvalue weighted by Crippen LogP contribution is -2.31. The first kappa shape index (κ1) is 11.3. The minimum Gasteiger partial charge on any atom is -0.481 e. The Morgan fingerprint density at radius 1 is 1.50 bits per heavy atom. The Kier molecular flexibility index (Phi) is 4.79. The summed E-state index contributed by atoms with van der Waals surface area (Å²) < 4.78 is 23.9. The molecule has 4 N–H and O–H groups in total. The molecule has 0 aliphatic rings. The summed E-state index contributed by atoms with van der Waals surface area (Å²) in [6, 6.07) is 0. The fourth-order valence-corrected chi connectivity index (χ4v) is 1.52. The number of carbonyl (C=O) groups is 1. The van der Waals surface area contributed by atoms with Gasteiger partial charge in [0.05, 0.1) is 12.2 Å². The van der Waals surface area contributed by atoms with Gasteiger partial charge in [-0.25, -0.2) is 13.1 Å². The molecule has 0 aromatic heterocycles. The lowest BCUT2D eigenvalue weighted by atomic mass is 10.5.